The third-order valence-corrected chi connectivity index (χ3v) is 8.59. The van der Waals surface area contributed by atoms with Crippen LogP contribution >= 0.6 is 11.8 Å². The summed E-state index contributed by atoms with van der Waals surface area (Å²) in [5.41, 5.74) is 5.59. The van der Waals surface area contributed by atoms with Crippen LogP contribution in [0.2, 0.25) is 0 Å². The molecule has 0 atom stereocenters. The fourth-order valence-electron chi connectivity index (χ4n) is 3.37. The normalized spacial score (nSPS) is 13.9. The first-order valence-electron chi connectivity index (χ1n) is 11.1. The van der Waals surface area contributed by atoms with Crippen molar-refractivity contribution >= 4 is 39.6 Å². The zero-order chi connectivity index (χ0) is 24.8. The number of rotatable bonds is 9. The summed E-state index contributed by atoms with van der Waals surface area (Å²) in [6.07, 6.45) is 1.78. The van der Waals surface area contributed by atoms with Crippen molar-refractivity contribution in [2.45, 2.75) is 24.8 Å². The molecule has 0 bridgehead atoms. The Morgan fingerprint density at radius 3 is 2.40 bits per heavy atom. The minimum absolute atomic E-state index is 0.109. The molecule has 1 N–H and O–H groups in total. The molecule has 1 amide bonds. The number of hydrogen-bond acceptors (Lipinski definition) is 6. The maximum atomic E-state index is 13.4. The molecule has 4 rings (SSSR count). The number of benzene rings is 3. The number of sulfonamides is 1. The van der Waals surface area contributed by atoms with Crippen LogP contribution < -0.4 is 14.5 Å². The summed E-state index contributed by atoms with van der Waals surface area (Å²) in [6, 6.07) is 20.8. The number of amides is 1. The van der Waals surface area contributed by atoms with E-state index >= 15 is 0 Å². The molecule has 0 aromatic heterocycles. The van der Waals surface area contributed by atoms with Crippen LogP contribution in [0.25, 0.3) is 0 Å². The quantitative estimate of drug-likeness (QED) is 0.346. The Morgan fingerprint density at radius 2 is 1.77 bits per heavy atom. The third-order valence-electron chi connectivity index (χ3n) is 5.59. The number of ether oxygens (including phenoxy) is 1. The third kappa shape index (κ3) is 6.23. The molecule has 0 aliphatic carbocycles. The highest BCUT2D eigenvalue weighted by Gasteiger charge is 2.27. The molecule has 3 aromatic rings. The number of nitrogens with one attached hydrogen (secondary N) is 1. The number of aryl methyl sites for hydroxylation is 2. The molecule has 1 saturated heterocycles. The van der Waals surface area contributed by atoms with Crippen molar-refractivity contribution < 1.29 is 17.9 Å². The number of hydrogen-bond donors (Lipinski definition) is 1. The van der Waals surface area contributed by atoms with Gasteiger partial charge in [-0.05, 0) is 79.1 Å². The van der Waals surface area contributed by atoms with Gasteiger partial charge in [-0.3, -0.25) is 9.10 Å². The summed E-state index contributed by atoms with van der Waals surface area (Å²) in [4.78, 5) is 12.8. The molecule has 182 valence electrons. The van der Waals surface area contributed by atoms with Crippen LogP contribution in [0.1, 0.15) is 16.7 Å². The molecular weight excluding hydrogens is 482 g/mol. The molecular formula is C26H27N3O4S2. The molecule has 0 radical (unpaired) electrons. The Labute approximate surface area is 210 Å². The summed E-state index contributed by atoms with van der Waals surface area (Å²) in [5.74, 6) is 2.26. The van der Waals surface area contributed by atoms with Crippen LogP contribution in [0, 0.1) is 13.8 Å². The van der Waals surface area contributed by atoms with E-state index in [0.717, 1.165) is 38.3 Å². The largest absolute Gasteiger partial charge is 0.489 e. The second-order valence-electron chi connectivity index (χ2n) is 8.23. The topological polar surface area (TPSA) is 88.1 Å². The van der Waals surface area contributed by atoms with Gasteiger partial charge in [-0.2, -0.15) is 16.9 Å². The highest BCUT2D eigenvalue weighted by molar-refractivity contribution is 8.00. The lowest BCUT2D eigenvalue weighted by molar-refractivity contribution is -0.119. The van der Waals surface area contributed by atoms with Crippen LogP contribution in [0.5, 0.6) is 5.75 Å². The maximum absolute atomic E-state index is 13.4. The SMILES string of the molecule is Cc1ccc(N(CC(=O)N/N=C\c2ccc(OC3CSC3)cc2)S(=O)(=O)c2ccccc2)cc1C. The van der Waals surface area contributed by atoms with Gasteiger partial charge in [0.15, 0.2) is 0 Å². The van der Waals surface area contributed by atoms with Gasteiger partial charge < -0.3 is 4.74 Å². The number of carbonyl (C=O) groups is 1. The Kier molecular flexibility index (Phi) is 7.77. The van der Waals surface area contributed by atoms with Crippen molar-refractivity contribution in [1.29, 1.82) is 0 Å². The number of nitrogens with zero attached hydrogens (tertiary/aromatic N) is 2. The zero-order valence-electron chi connectivity index (χ0n) is 19.5. The van der Waals surface area contributed by atoms with Crippen molar-refractivity contribution in [2.24, 2.45) is 5.10 Å². The van der Waals surface area contributed by atoms with Crippen molar-refractivity contribution in [1.82, 2.24) is 5.43 Å². The van der Waals surface area contributed by atoms with E-state index in [2.05, 4.69) is 10.5 Å². The average molecular weight is 510 g/mol. The number of carbonyl (C=O) groups excluding carboxylic acids is 1. The number of thioether (sulfide) groups is 1. The van der Waals surface area contributed by atoms with Gasteiger partial charge in [0.25, 0.3) is 15.9 Å². The fourth-order valence-corrected chi connectivity index (χ4v) is 5.37. The van der Waals surface area contributed by atoms with Gasteiger partial charge in [0, 0.05) is 11.5 Å². The van der Waals surface area contributed by atoms with Crippen LogP contribution in [0.4, 0.5) is 5.69 Å². The summed E-state index contributed by atoms with van der Waals surface area (Å²) >= 11 is 1.86. The van der Waals surface area contributed by atoms with Crippen molar-refractivity contribution in [3.05, 3.63) is 89.5 Å². The fraction of sp³-hybridized carbons (Fsp3) is 0.231. The van der Waals surface area contributed by atoms with Crippen molar-refractivity contribution in [3.8, 4) is 5.75 Å². The molecule has 0 spiro atoms. The van der Waals surface area contributed by atoms with Gasteiger partial charge in [0.1, 0.15) is 18.4 Å². The highest BCUT2D eigenvalue weighted by Crippen LogP contribution is 2.26. The number of hydrazone groups is 1. The van der Waals surface area contributed by atoms with E-state index in [1.807, 2.05) is 55.9 Å². The van der Waals surface area contributed by atoms with Gasteiger partial charge in [-0.1, -0.05) is 24.3 Å². The second-order valence-corrected chi connectivity index (χ2v) is 11.2. The van der Waals surface area contributed by atoms with Crippen LogP contribution in [0.15, 0.2) is 82.8 Å². The van der Waals surface area contributed by atoms with Crippen molar-refractivity contribution in [3.63, 3.8) is 0 Å². The van der Waals surface area contributed by atoms with E-state index in [1.54, 1.807) is 30.3 Å². The highest BCUT2D eigenvalue weighted by atomic mass is 32.2. The lowest BCUT2D eigenvalue weighted by Gasteiger charge is -2.25. The second kappa shape index (κ2) is 11.0. The van der Waals surface area contributed by atoms with E-state index < -0.39 is 22.5 Å². The molecule has 1 aliphatic rings. The van der Waals surface area contributed by atoms with Crippen LogP contribution in [0.3, 0.4) is 0 Å². The first kappa shape index (κ1) is 24.8. The first-order chi connectivity index (χ1) is 16.8. The standard InChI is InChI=1S/C26H27N3O4S2/c1-19-8-11-22(14-20(19)2)29(35(31,32)25-6-4-3-5-7-25)16-26(30)28-27-15-21-9-12-23(13-10-21)33-24-17-34-18-24/h3-15,24H,16-18H2,1-2H3,(H,28,30)/b27-15-. The maximum Gasteiger partial charge on any atom is 0.264 e. The molecule has 0 unspecified atom stereocenters. The van der Waals surface area contributed by atoms with Crippen LogP contribution in [-0.2, 0) is 14.8 Å². The summed E-state index contributed by atoms with van der Waals surface area (Å²) < 4.78 is 33.7. The minimum Gasteiger partial charge on any atom is -0.489 e. The molecule has 1 heterocycles. The summed E-state index contributed by atoms with van der Waals surface area (Å²) in [6.45, 7) is 3.43. The Morgan fingerprint density at radius 1 is 1.06 bits per heavy atom. The van der Waals surface area contributed by atoms with E-state index in [0.29, 0.717) is 5.69 Å². The van der Waals surface area contributed by atoms with E-state index in [9.17, 15) is 13.2 Å². The van der Waals surface area contributed by atoms with Gasteiger partial charge in [0.2, 0.25) is 0 Å². The molecule has 0 saturated carbocycles. The summed E-state index contributed by atoms with van der Waals surface area (Å²) in [7, 11) is -3.96. The summed E-state index contributed by atoms with van der Waals surface area (Å²) in [5, 5.41) is 4.00. The first-order valence-corrected chi connectivity index (χ1v) is 13.7. The van der Waals surface area contributed by atoms with E-state index in [-0.39, 0.29) is 11.0 Å². The average Bonchev–Trinajstić information content (AvgIpc) is 2.83. The Bertz CT molecular complexity index is 1310. The lowest BCUT2D eigenvalue weighted by atomic mass is 10.1. The predicted octanol–water partition coefficient (Wildman–Crippen LogP) is 4.14. The predicted molar refractivity (Wildman–Crippen MR) is 141 cm³/mol. The molecule has 9 heteroatoms. The zero-order valence-corrected chi connectivity index (χ0v) is 21.2. The Hall–Kier alpha value is -3.30. The van der Waals surface area contributed by atoms with Crippen LogP contribution in [-0.4, -0.2) is 44.7 Å². The molecule has 1 aliphatic heterocycles. The molecule has 35 heavy (non-hydrogen) atoms. The minimum atomic E-state index is -3.96. The smallest absolute Gasteiger partial charge is 0.264 e. The van der Waals surface area contributed by atoms with Gasteiger partial charge in [0.05, 0.1) is 16.8 Å². The van der Waals surface area contributed by atoms with Gasteiger partial charge in [-0.15, -0.1) is 0 Å². The number of anilines is 1. The van der Waals surface area contributed by atoms with Crippen molar-refractivity contribution in [2.75, 3.05) is 22.4 Å². The monoisotopic (exact) mass is 509 g/mol. The molecule has 7 nitrogen and oxygen atoms in total. The van der Waals surface area contributed by atoms with E-state index in [4.69, 9.17) is 4.74 Å². The lowest BCUT2D eigenvalue weighted by Crippen LogP contribution is -2.39. The van der Waals surface area contributed by atoms with E-state index in [1.165, 1.54) is 18.3 Å². The molecule has 3 aromatic carbocycles. The van der Waals surface area contributed by atoms with Gasteiger partial charge in [-0.25, -0.2) is 13.8 Å². The van der Waals surface area contributed by atoms with Gasteiger partial charge >= 0.3 is 0 Å². The Balaban J connectivity index is 1.46. The molecule has 1 fully saturated rings.